The molecule has 7 nitrogen and oxygen atoms in total. The van der Waals surface area contributed by atoms with Crippen molar-refractivity contribution >= 4 is 11.7 Å². The summed E-state index contributed by atoms with van der Waals surface area (Å²) in [7, 11) is 0. The van der Waals surface area contributed by atoms with Gasteiger partial charge in [0.2, 0.25) is 5.91 Å². The Balaban J connectivity index is 1.45. The molecule has 0 radical (unpaired) electrons. The van der Waals surface area contributed by atoms with Crippen molar-refractivity contribution in [3.05, 3.63) is 42.9 Å². The maximum Gasteiger partial charge on any atom is 0.239 e. The van der Waals surface area contributed by atoms with Gasteiger partial charge in [0.15, 0.2) is 0 Å². The van der Waals surface area contributed by atoms with E-state index in [1.54, 1.807) is 18.5 Å². The van der Waals surface area contributed by atoms with Gasteiger partial charge < -0.3 is 15.7 Å². The number of hydrogen-bond acceptors (Lipinski definition) is 5. The molecule has 1 saturated carbocycles. The number of hydrogen-bond donors (Lipinski definition) is 3. The number of amides is 1. The predicted molar refractivity (Wildman–Crippen MR) is 85.6 cm³/mol. The lowest BCUT2D eigenvalue weighted by Crippen LogP contribution is -2.42. The Bertz CT molecular complexity index is 617. The van der Waals surface area contributed by atoms with Crippen LogP contribution >= 0.6 is 0 Å². The first-order chi connectivity index (χ1) is 11.2. The van der Waals surface area contributed by atoms with E-state index in [0.29, 0.717) is 18.2 Å². The van der Waals surface area contributed by atoms with Gasteiger partial charge in [-0.15, -0.1) is 0 Å². The third-order valence-electron chi connectivity index (χ3n) is 4.07. The molecular formula is C16H21N5O2. The second-order valence-electron chi connectivity index (χ2n) is 5.88. The number of nitrogens with zero attached hydrogens (tertiary/aromatic N) is 3. The zero-order valence-corrected chi connectivity index (χ0v) is 12.8. The standard InChI is InChI=1S/C16H21N5O2/c22-14-9-12(11-21-7-3-6-19-21)8-13(14)20-16(23)10-18-15-4-1-2-5-17-15/h1-7,12-14,22H,8-11H2,(H,17,18)(H,20,23)/t12?,13-,14-/m1/s1. The lowest BCUT2D eigenvalue weighted by molar-refractivity contribution is -0.120. The molecule has 1 fully saturated rings. The number of rotatable bonds is 6. The minimum absolute atomic E-state index is 0.139. The molecule has 3 N–H and O–H groups in total. The van der Waals surface area contributed by atoms with Crippen LogP contribution in [0.4, 0.5) is 5.82 Å². The molecule has 0 aliphatic heterocycles. The molecule has 23 heavy (non-hydrogen) atoms. The quantitative estimate of drug-likeness (QED) is 0.728. The molecule has 1 unspecified atom stereocenters. The van der Waals surface area contributed by atoms with Crippen molar-refractivity contribution in [2.75, 3.05) is 11.9 Å². The van der Waals surface area contributed by atoms with Gasteiger partial charge in [-0.2, -0.15) is 5.10 Å². The number of carbonyl (C=O) groups excluding carboxylic acids is 1. The fourth-order valence-electron chi connectivity index (χ4n) is 2.99. The fraction of sp³-hybridized carbons (Fsp3) is 0.438. The monoisotopic (exact) mass is 315 g/mol. The number of anilines is 1. The highest BCUT2D eigenvalue weighted by Crippen LogP contribution is 2.27. The van der Waals surface area contributed by atoms with Crippen LogP contribution in [0, 0.1) is 5.92 Å². The second-order valence-corrected chi connectivity index (χ2v) is 5.88. The number of pyridine rings is 1. The minimum Gasteiger partial charge on any atom is -0.391 e. The van der Waals surface area contributed by atoms with Crippen LogP contribution in [0.1, 0.15) is 12.8 Å². The Hall–Kier alpha value is -2.41. The molecule has 7 heteroatoms. The van der Waals surface area contributed by atoms with E-state index >= 15 is 0 Å². The van der Waals surface area contributed by atoms with Crippen LogP contribution in [-0.4, -0.2) is 44.5 Å². The molecule has 2 aromatic rings. The summed E-state index contributed by atoms with van der Waals surface area (Å²) in [5.74, 6) is 0.838. The number of carbonyl (C=O) groups is 1. The third-order valence-corrected chi connectivity index (χ3v) is 4.07. The van der Waals surface area contributed by atoms with Gasteiger partial charge in [-0.3, -0.25) is 9.48 Å². The zero-order valence-electron chi connectivity index (χ0n) is 12.8. The average molecular weight is 315 g/mol. The van der Waals surface area contributed by atoms with E-state index < -0.39 is 6.10 Å². The number of aromatic nitrogens is 3. The maximum atomic E-state index is 12.0. The van der Waals surface area contributed by atoms with Gasteiger partial charge in [-0.05, 0) is 37.0 Å². The minimum atomic E-state index is -0.505. The summed E-state index contributed by atoms with van der Waals surface area (Å²) in [5, 5.41) is 20.2. The van der Waals surface area contributed by atoms with E-state index in [2.05, 4.69) is 20.7 Å². The van der Waals surface area contributed by atoms with E-state index in [-0.39, 0.29) is 18.5 Å². The van der Waals surface area contributed by atoms with Crippen molar-refractivity contribution in [3.8, 4) is 0 Å². The van der Waals surface area contributed by atoms with Gasteiger partial charge in [0.1, 0.15) is 5.82 Å². The summed E-state index contributed by atoms with van der Waals surface area (Å²) < 4.78 is 1.87. The Labute approximate surface area is 134 Å². The SMILES string of the molecule is O=C(CNc1ccccn1)N[C@@H]1CC(Cn2cccn2)C[C@H]1O. The summed E-state index contributed by atoms with van der Waals surface area (Å²) >= 11 is 0. The highest BCUT2D eigenvalue weighted by molar-refractivity contribution is 5.80. The van der Waals surface area contributed by atoms with Gasteiger partial charge in [0.05, 0.1) is 18.7 Å². The largest absolute Gasteiger partial charge is 0.391 e. The molecule has 0 bridgehead atoms. The van der Waals surface area contributed by atoms with Gasteiger partial charge in [0.25, 0.3) is 0 Å². The molecule has 0 aromatic carbocycles. The van der Waals surface area contributed by atoms with Crippen LogP contribution < -0.4 is 10.6 Å². The molecule has 3 atom stereocenters. The lowest BCUT2D eigenvalue weighted by atomic mass is 10.1. The molecular weight excluding hydrogens is 294 g/mol. The van der Waals surface area contributed by atoms with E-state index in [1.807, 2.05) is 29.1 Å². The number of aliphatic hydroxyl groups excluding tert-OH is 1. The summed E-state index contributed by atoms with van der Waals surface area (Å²) in [5.41, 5.74) is 0. The number of aliphatic hydroxyl groups is 1. The molecule has 2 aromatic heterocycles. The molecule has 3 rings (SSSR count). The molecule has 1 aliphatic rings. The smallest absolute Gasteiger partial charge is 0.239 e. The van der Waals surface area contributed by atoms with Crippen LogP contribution in [0.2, 0.25) is 0 Å². The van der Waals surface area contributed by atoms with E-state index in [9.17, 15) is 9.90 Å². The molecule has 0 spiro atoms. The summed E-state index contributed by atoms with van der Waals surface area (Å²) in [6.45, 7) is 0.909. The van der Waals surface area contributed by atoms with Crippen LogP contribution in [0.3, 0.4) is 0 Å². The van der Waals surface area contributed by atoms with E-state index in [4.69, 9.17) is 0 Å². The molecule has 122 valence electrons. The van der Waals surface area contributed by atoms with Crippen molar-refractivity contribution in [1.29, 1.82) is 0 Å². The first-order valence-electron chi connectivity index (χ1n) is 7.80. The topological polar surface area (TPSA) is 92.1 Å². The summed E-state index contributed by atoms with van der Waals surface area (Å²) in [6, 6.07) is 7.16. The molecule has 1 aliphatic carbocycles. The molecule has 2 heterocycles. The molecule has 1 amide bonds. The Morgan fingerprint density at radius 3 is 2.96 bits per heavy atom. The Morgan fingerprint density at radius 1 is 1.30 bits per heavy atom. The summed E-state index contributed by atoms with van der Waals surface area (Å²) in [6.07, 6.45) is 6.26. The lowest BCUT2D eigenvalue weighted by Gasteiger charge is -2.16. The highest BCUT2D eigenvalue weighted by Gasteiger charge is 2.34. The zero-order chi connectivity index (χ0) is 16.1. The normalized spacial score (nSPS) is 23.6. The van der Waals surface area contributed by atoms with Crippen molar-refractivity contribution in [1.82, 2.24) is 20.1 Å². The third kappa shape index (κ3) is 4.29. The van der Waals surface area contributed by atoms with Crippen molar-refractivity contribution in [2.24, 2.45) is 5.92 Å². The Morgan fingerprint density at radius 2 is 2.22 bits per heavy atom. The predicted octanol–water partition coefficient (Wildman–Crippen LogP) is 0.646. The van der Waals surface area contributed by atoms with Gasteiger partial charge in [0, 0.05) is 25.1 Å². The second kappa shape index (κ2) is 7.23. The Kier molecular flexibility index (Phi) is 4.87. The van der Waals surface area contributed by atoms with Gasteiger partial charge in [-0.1, -0.05) is 6.07 Å². The van der Waals surface area contributed by atoms with Gasteiger partial charge in [-0.25, -0.2) is 4.98 Å². The first kappa shape index (κ1) is 15.5. The molecule has 0 saturated heterocycles. The average Bonchev–Trinajstić information content (AvgIpc) is 3.17. The van der Waals surface area contributed by atoms with Crippen LogP contribution in [0.5, 0.6) is 0 Å². The van der Waals surface area contributed by atoms with Crippen molar-refractivity contribution < 1.29 is 9.90 Å². The van der Waals surface area contributed by atoms with Crippen molar-refractivity contribution in [3.63, 3.8) is 0 Å². The van der Waals surface area contributed by atoms with E-state index in [0.717, 1.165) is 13.0 Å². The summed E-state index contributed by atoms with van der Waals surface area (Å²) in [4.78, 5) is 16.1. The van der Waals surface area contributed by atoms with E-state index in [1.165, 1.54) is 0 Å². The van der Waals surface area contributed by atoms with Crippen molar-refractivity contribution in [2.45, 2.75) is 31.5 Å². The van der Waals surface area contributed by atoms with Crippen LogP contribution in [0.15, 0.2) is 42.9 Å². The highest BCUT2D eigenvalue weighted by atomic mass is 16.3. The first-order valence-corrected chi connectivity index (χ1v) is 7.80. The maximum absolute atomic E-state index is 12.0. The van der Waals surface area contributed by atoms with Crippen LogP contribution in [-0.2, 0) is 11.3 Å². The van der Waals surface area contributed by atoms with Crippen LogP contribution in [0.25, 0.3) is 0 Å². The van der Waals surface area contributed by atoms with Gasteiger partial charge >= 0.3 is 0 Å². The number of nitrogens with one attached hydrogen (secondary N) is 2. The fourth-order valence-corrected chi connectivity index (χ4v) is 2.99.